The van der Waals surface area contributed by atoms with Gasteiger partial charge in [0, 0.05) is 5.56 Å². The molecule has 0 saturated heterocycles. The summed E-state index contributed by atoms with van der Waals surface area (Å²) in [6.45, 7) is 2.85. The first-order chi connectivity index (χ1) is 10.2. The largest absolute Gasteiger partial charge is 0.490 e. The van der Waals surface area contributed by atoms with E-state index < -0.39 is 6.04 Å². The fourth-order valence-electron chi connectivity index (χ4n) is 1.95. The Kier molecular flexibility index (Phi) is 5.58. The monoisotopic (exact) mass is 289 g/mol. The van der Waals surface area contributed by atoms with Crippen molar-refractivity contribution in [1.29, 1.82) is 0 Å². The van der Waals surface area contributed by atoms with Gasteiger partial charge < -0.3 is 15.2 Å². The van der Waals surface area contributed by atoms with E-state index >= 15 is 0 Å². The average Bonchev–Trinajstić information content (AvgIpc) is 2.52. The molecule has 2 aromatic rings. The van der Waals surface area contributed by atoms with E-state index in [9.17, 15) is 4.39 Å². The van der Waals surface area contributed by atoms with Gasteiger partial charge in [0.05, 0.1) is 12.6 Å². The SMILES string of the molecule is CCCOc1ccccc1OCC(N)c1ccccc1F. The predicted octanol–water partition coefficient (Wildman–Crippen LogP) is 3.69. The molecule has 2 aromatic carbocycles. The van der Waals surface area contributed by atoms with Crippen LogP contribution in [0.2, 0.25) is 0 Å². The molecule has 0 spiro atoms. The Labute approximate surface area is 124 Å². The topological polar surface area (TPSA) is 44.5 Å². The van der Waals surface area contributed by atoms with Gasteiger partial charge in [-0.05, 0) is 24.6 Å². The van der Waals surface area contributed by atoms with Crippen molar-refractivity contribution in [2.45, 2.75) is 19.4 Å². The van der Waals surface area contributed by atoms with Crippen LogP contribution in [0.5, 0.6) is 11.5 Å². The minimum absolute atomic E-state index is 0.188. The molecule has 1 unspecified atom stereocenters. The zero-order valence-corrected chi connectivity index (χ0v) is 12.1. The summed E-state index contributed by atoms with van der Waals surface area (Å²) in [5.74, 6) is 0.988. The van der Waals surface area contributed by atoms with E-state index in [1.54, 1.807) is 18.2 Å². The van der Waals surface area contributed by atoms with Crippen LogP contribution in [0.3, 0.4) is 0 Å². The number of rotatable bonds is 7. The van der Waals surface area contributed by atoms with Gasteiger partial charge in [-0.1, -0.05) is 37.3 Å². The molecule has 4 heteroatoms. The third-order valence-electron chi connectivity index (χ3n) is 3.03. The lowest BCUT2D eigenvalue weighted by atomic mass is 10.1. The Bertz CT molecular complexity index is 574. The van der Waals surface area contributed by atoms with E-state index in [0.29, 0.717) is 23.7 Å². The Morgan fingerprint density at radius 2 is 1.62 bits per heavy atom. The Morgan fingerprint density at radius 1 is 1.00 bits per heavy atom. The highest BCUT2D eigenvalue weighted by molar-refractivity contribution is 5.39. The minimum atomic E-state index is -0.523. The molecule has 0 aliphatic rings. The molecule has 0 heterocycles. The number of benzene rings is 2. The van der Waals surface area contributed by atoms with E-state index in [1.807, 2.05) is 31.2 Å². The van der Waals surface area contributed by atoms with Crippen LogP contribution in [0.25, 0.3) is 0 Å². The molecule has 1 atom stereocenters. The van der Waals surface area contributed by atoms with Gasteiger partial charge in [0.1, 0.15) is 12.4 Å². The molecule has 3 nitrogen and oxygen atoms in total. The molecule has 0 fully saturated rings. The van der Waals surface area contributed by atoms with Crippen LogP contribution in [0.4, 0.5) is 4.39 Å². The highest BCUT2D eigenvalue weighted by atomic mass is 19.1. The average molecular weight is 289 g/mol. The van der Waals surface area contributed by atoms with E-state index in [-0.39, 0.29) is 12.4 Å². The zero-order chi connectivity index (χ0) is 15.1. The molecule has 0 amide bonds. The van der Waals surface area contributed by atoms with Crippen LogP contribution in [0, 0.1) is 5.82 Å². The maximum atomic E-state index is 13.7. The van der Waals surface area contributed by atoms with Crippen LogP contribution in [0.15, 0.2) is 48.5 Å². The third kappa shape index (κ3) is 4.20. The van der Waals surface area contributed by atoms with Crippen molar-refractivity contribution in [2.24, 2.45) is 5.73 Å². The Balaban J connectivity index is 2.01. The lowest BCUT2D eigenvalue weighted by Crippen LogP contribution is -2.20. The number of hydrogen-bond acceptors (Lipinski definition) is 3. The van der Waals surface area contributed by atoms with Crippen molar-refractivity contribution in [3.8, 4) is 11.5 Å². The molecule has 0 aromatic heterocycles. The van der Waals surface area contributed by atoms with Crippen LogP contribution >= 0.6 is 0 Å². The summed E-state index contributed by atoms with van der Waals surface area (Å²) < 4.78 is 24.9. The standard InChI is InChI=1S/C17H20FNO2/c1-2-11-20-16-9-5-6-10-17(16)21-12-15(19)13-7-3-4-8-14(13)18/h3-10,15H,2,11-12,19H2,1H3. The van der Waals surface area contributed by atoms with Crippen molar-refractivity contribution in [3.05, 3.63) is 59.9 Å². The zero-order valence-electron chi connectivity index (χ0n) is 12.1. The van der Waals surface area contributed by atoms with Gasteiger partial charge >= 0.3 is 0 Å². The van der Waals surface area contributed by atoms with E-state index in [4.69, 9.17) is 15.2 Å². The molecule has 2 rings (SSSR count). The van der Waals surface area contributed by atoms with Crippen molar-refractivity contribution < 1.29 is 13.9 Å². The van der Waals surface area contributed by atoms with Gasteiger partial charge in [0.25, 0.3) is 0 Å². The first kappa shape index (κ1) is 15.3. The summed E-state index contributed by atoms with van der Waals surface area (Å²) in [4.78, 5) is 0. The van der Waals surface area contributed by atoms with Gasteiger partial charge in [-0.15, -0.1) is 0 Å². The highest BCUT2D eigenvalue weighted by Crippen LogP contribution is 2.27. The van der Waals surface area contributed by atoms with Crippen molar-refractivity contribution in [2.75, 3.05) is 13.2 Å². The number of ether oxygens (including phenoxy) is 2. The van der Waals surface area contributed by atoms with Crippen molar-refractivity contribution in [3.63, 3.8) is 0 Å². The minimum Gasteiger partial charge on any atom is -0.490 e. The second kappa shape index (κ2) is 7.64. The Morgan fingerprint density at radius 3 is 2.29 bits per heavy atom. The maximum Gasteiger partial charge on any atom is 0.161 e. The van der Waals surface area contributed by atoms with Gasteiger partial charge in [0.2, 0.25) is 0 Å². The van der Waals surface area contributed by atoms with Crippen LogP contribution in [0.1, 0.15) is 24.9 Å². The second-order valence-corrected chi connectivity index (χ2v) is 4.73. The molecular weight excluding hydrogens is 269 g/mol. The molecule has 0 aliphatic carbocycles. The van der Waals surface area contributed by atoms with Crippen molar-refractivity contribution in [1.82, 2.24) is 0 Å². The van der Waals surface area contributed by atoms with E-state index in [1.165, 1.54) is 6.07 Å². The summed E-state index contributed by atoms with van der Waals surface area (Å²) in [6, 6.07) is 13.4. The predicted molar refractivity (Wildman–Crippen MR) is 81.1 cm³/mol. The van der Waals surface area contributed by atoms with Gasteiger partial charge in [-0.3, -0.25) is 0 Å². The number of para-hydroxylation sites is 2. The quantitative estimate of drug-likeness (QED) is 0.845. The maximum absolute atomic E-state index is 13.7. The fraction of sp³-hybridized carbons (Fsp3) is 0.294. The van der Waals surface area contributed by atoms with E-state index in [2.05, 4.69) is 0 Å². The Hall–Kier alpha value is -2.07. The smallest absolute Gasteiger partial charge is 0.161 e. The molecule has 2 N–H and O–H groups in total. The summed E-state index contributed by atoms with van der Waals surface area (Å²) in [6.07, 6.45) is 0.920. The summed E-state index contributed by atoms with van der Waals surface area (Å²) >= 11 is 0. The van der Waals surface area contributed by atoms with Crippen LogP contribution in [-0.4, -0.2) is 13.2 Å². The third-order valence-corrected chi connectivity index (χ3v) is 3.03. The lowest BCUT2D eigenvalue weighted by Gasteiger charge is -2.16. The highest BCUT2D eigenvalue weighted by Gasteiger charge is 2.13. The van der Waals surface area contributed by atoms with Crippen LogP contribution in [-0.2, 0) is 0 Å². The summed E-state index contributed by atoms with van der Waals surface area (Å²) in [5, 5.41) is 0. The molecule has 112 valence electrons. The molecule has 0 saturated carbocycles. The van der Waals surface area contributed by atoms with Gasteiger partial charge in [0.15, 0.2) is 11.5 Å². The molecular formula is C17H20FNO2. The molecule has 21 heavy (non-hydrogen) atoms. The summed E-state index contributed by atoms with van der Waals surface area (Å²) in [7, 11) is 0. The normalized spacial score (nSPS) is 12.0. The first-order valence-corrected chi connectivity index (χ1v) is 7.07. The number of halogens is 1. The second-order valence-electron chi connectivity index (χ2n) is 4.73. The number of hydrogen-bond donors (Lipinski definition) is 1. The fourth-order valence-corrected chi connectivity index (χ4v) is 1.95. The van der Waals surface area contributed by atoms with Crippen LogP contribution < -0.4 is 15.2 Å². The van der Waals surface area contributed by atoms with E-state index in [0.717, 1.165) is 6.42 Å². The number of nitrogens with two attached hydrogens (primary N) is 1. The first-order valence-electron chi connectivity index (χ1n) is 7.07. The molecule has 0 aliphatic heterocycles. The molecule has 0 radical (unpaired) electrons. The summed E-state index contributed by atoms with van der Waals surface area (Å²) in [5.41, 5.74) is 6.44. The van der Waals surface area contributed by atoms with Gasteiger partial charge in [-0.2, -0.15) is 0 Å². The molecule has 0 bridgehead atoms. The van der Waals surface area contributed by atoms with Gasteiger partial charge in [-0.25, -0.2) is 4.39 Å². The lowest BCUT2D eigenvalue weighted by molar-refractivity contribution is 0.254. The van der Waals surface area contributed by atoms with Crippen molar-refractivity contribution >= 4 is 0 Å².